The van der Waals surface area contributed by atoms with E-state index < -0.39 is 0 Å². The monoisotopic (exact) mass is 376 g/mol. The van der Waals surface area contributed by atoms with Crippen molar-refractivity contribution in [2.24, 2.45) is 0 Å². The number of hydrogen-bond acceptors (Lipinski definition) is 6. The lowest BCUT2D eigenvalue weighted by Gasteiger charge is -2.21. The molecule has 3 heterocycles. The molecule has 1 aromatic heterocycles. The van der Waals surface area contributed by atoms with Crippen molar-refractivity contribution < 1.29 is 9.47 Å². The van der Waals surface area contributed by atoms with Crippen molar-refractivity contribution in [3.63, 3.8) is 0 Å². The maximum atomic E-state index is 5.66. The van der Waals surface area contributed by atoms with Gasteiger partial charge in [0, 0.05) is 43.6 Å². The molecule has 1 unspecified atom stereocenters. The van der Waals surface area contributed by atoms with Gasteiger partial charge in [-0.3, -0.25) is 0 Å². The third-order valence-electron chi connectivity index (χ3n) is 4.76. The molecule has 2 aliphatic heterocycles. The summed E-state index contributed by atoms with van der Waals surface area (Å²) in [7, 11) is 0. The molecule has 1 atom stereocenters. The molecule has 0 saturated carbocycles. The first kappa shape index (κ1) is 18.7. The molecule has 1 saturated heterocycles. The molecule has 0 spiro atoms. The van der Waals surface area contributed by atoms with Gasteiger partial charge in [-0.1, -0.05) is 6.07 Å². The second-order valence-corrected chi connectivity index (χ2v) is 6.59. The van der Waals surface area contributed by atoms with E-state index in [9.17, 15) is 0 Å². The first-order chi connectivity index (χ1) is 12.3. The lowest BCUT2D eigenvalue weighted by molar-refractivity contribution is 0.171. The zero-order valence-corrected chi connectivity index (χ0v) is 15.8. The number of aromatic nitrogens is 2. The fourth-order valence-corrected chi connectivity index (χ4v) is 3.24. The van der Waals surface area contributed by atoms with Crippen molar-refractivity contribution in [1.29, 1.82) is 0 Å². The lowest BCUT2D eigenvalue weighted by atomic mass is 10.1. The molecule has 0 bridgehead atoms. The van der Waals surface area contributed by atoms with Crippen LogP contribution in [0, 0.1) is 0 Å². The average molecular weight is 377 g/mol. The molecule has 2 aromatic rings. The molecule has 26 heavy (non-hydrogen) atoms. The van der Waals surface area contributed by atoms with E-state index in [1.165, 1.54) is 18.4 Å². The molecular weight excluding hydrogens is 352 g/mol. The topological polar surface area (TPSA) is 59.5 Å². The molecule has 1 fully saturated rings. The van der Waals surface area contributed by atoms with Gasteiger partial charge in [0.15, 0.2) is 11.5 Å². The van der Waals surface area contributed by atoms with Crippen molar-refractivity contribution in [3.05, 3.63) is 41.7 Å². The zero-order valence-electron chi connectivity index (χ0n) is 15.0. The smallest absolute Gasteiger partial charge is 0.225 e. The molecule has 7 heteroatoms. The zero-order chi connectivity index (χ0) is 17.1. The second kappa shape index (κ2) is 8.56. The van der Waals surface area contributed by atoms with Crippen LogP contribution < -0.4 is 19.7 Å². The summed E-state index contributed by atoms with van der Waals surface area (Å²) in [6.45, 7) is 6.24. The summed E-state index contributed by atoms with van der Waals surface area (Å²) in [6, 6.07) is 6.32. The van der Waals surface area contributed by atoms with E-state index in [-0.39, 0.29) is 18.4 Å². The van der Waals surface area contributed by atoms with Gasteiger partial charge in [-0.15, -0.1) is 12.4 Å². The Morgan fingerprint density at radius 1 is 1.08 bits per heavy atom. The van der Waals surface area contributed by atoms with Gasteiger partial charge < -0.3 is 19.7 Å². The van der Waals surface area contributed by atoms with Crippen molar-refractivity contribution >= 4 is 18.4 Å². The number of ether oxygens (including phenoxy) is 2. The highest BCUT2D eigenvalue weighted by molar-refractivity contribution is 5.85. The molecule has 2 aliphatic rings. The van der Waals surface area contributed by atoms with Gasteiger partial charge in [0.25, 0.3) is 0 Å². The molecule has 4 rings (SSSR count). The molecule has 1 N–H and O–H groups in total. The highest BCUT2D eigenvalue weighted by Gasteiger charge is 2.16. The largest absolute Gasteiger partial charge is 0.486 e. The maximum absolute atomic E-state index is 5.66. The van der Waals surface area contributed by atoms with E-state index in [2.05, 4.69) is 39.2 Å². The summed E-state index contributed by atoms with van der Waals surface area (Å²) in [5, 5.41) is 3.52. The van der Waals surface area contributed by atoms with E-state index in [0.29, 0.717) is 13.2 Å². The van der Waals surface area contributed by atoms with E-state index in [1.54, 1.807) is 0 Å². The number of anilines is 1. The number of fused-ring (bicyclic) bond motifs is 1. The summed E-state index contributed by atoms with van der Waals surface area (Å²) in [5.74, 6) is 2.50. The number of hydrogen-bond donors (Lipinski definition) is 1. The minimum absolute atomic E-state index is 0. The highest BCUT2D eigenvalue weighted by Crippen LogP contribution is 2.32. The van der Waals surface area contributed by atoms with Gasteiger partial charge >= 0.3 is 0 Å². The van der Waals surface area contributed by atoms with Crippen LogP contribution in [0.15, 0.2) is 30.6 Å². The maximum Gasteiger partial charge on any atom is 0.225 e. The second-order valence-electron chi connectivity index (χ2n) is 6.59. The molecule has 0 aliphatic carbocycles. The van der Waals surface area contributed by atoms with E-state index >= 15 is 0 Å². The summed E-state index contributed by atoms with van der Waals surface area (Å²) < 4.78 is 11.2. The van der Waals surface area contributed by atoms with Crippen molar-refractivity contribution in [2.75, 3.05) is 31.2 Å². The predicted octanol–water partition coefficient (Wildman–Crippen LogP) is 3.12. The SMILES string of the molecule is CC(NCc1cnc(N2CCCC2)nc1)c1ccc2c(c1)OCCO2.Cl. The fraction of sp³-hybridized carbons (Fsp3) is 0.474. The Hall–Kier alpha value is -2.05. The first-order valence-corrected chi connectivity index (χ1v) is 8.98. The minimum atomic E-state index is 0. The summed E-state index contributed by atoms with van der Waals surface area (Å²) in [5.41, 5.74) is 2.27. The van der Waals surface area contributed by atoms with Crippen LogP contribution in [0.4, 0.5) is 5.95 Å². The molecule has 0 amide bonds. The molecule has 140 valence electrons. The summed E-state index contributed by atoms with van der Waals surface area (Å²) in [4.78, 5) is 11.3. The fourth-order valence-electron chi connectivity index (χ4n) is 3.24. The van der Waals surface area contributed by atoms with Gasteiger partial charge in [0.05, 0.1) is 0 Å². The third kappa shape index (κ3) is 4.19. The van der Waals surface area contributed by atoms with Gasteiger partial charge in [-0.05, 0) is 37.5 Å². The van der Waals surface area contributed by atoms with Crippen molar-refractivity contribution in [2.45, 2.75) is 32.4 Å². The van der Waals surface area contributed by atoms with Crippen LogP contribution in [0.2, 0.25) is 0 Å². The lowest BCUT2D eigenvalue weighted by Crippen LogP contribution is -2.22. The van der Waals surface area contributed by atoms with Crippen molar-refractivity contribution in [3.8, 4) is 11.5 Å². The Morgan fingerprint density at radius 2 is 1.77 bits per heavy atom. The van der Waals surface area contributed by atoms with Crippen LogP contribution in [-0.4, -0.2) is 36.3 Å². The molecule has 0 radical (unpaired) electrons. The standard InChI is InChI=1S/C19H24N4O2.ClH/c1-14(16-4-5-17-18(10-16)25-9-8-24-17)20-11-15-12-21-19(22-13-15)23-6-2-3-7-23;/h4-5,10,12-14,20H,2-3,6-9,11H2,1H3;1H. The minimum Gasteiger partial charge on any atom is -0.486 e. The van der Waals surface area contributed by atoms with Gasteiger partial charge in [-0.25, -0.2) is 9.97 Å². The van der Waals surface area contributed by atoms with Gasteiger partial charge in [-0.2, -0.15) is 0 Å². The molecule has 6 nitrogen and oxygen atoms in total. The van der Waals surface area contributed by atoms with Gasteiger partial charge in [0.1, 0.15) is 13.2 Å². The molecule has 1 aromatic carbocycles. The third-order valence-corrected chi connectivity index (χ3v) is 4.76. The van der Waals surface area contributed by atoms with Crippen LogP contribution in [0.3, 0.4) is 0 Å². The van der Waals surface area contributed by atoms with Crippen LogP contribution in [0.5, 0.6) is 11.5 Å². The van der Waals surface area contributed by atoms with Crippen LogP contribution in [-0.2, 0) is 6.54 Å². The van der Waals surface area contributed by atoms with Gasteiger partial charge in [0.2, 0.25) is 5.95 Å². The Labute approximate surface area is 160 Å². The highest BCUT2D eigenvalue weighted by atomic mass is 35.5. The Balaban J connectivity index is 0.00000196. The van der Waals surface area contributed by atoms with Crippen LogP contribution >= 0.6 is 12.4 Å². The number of halogens is 1. The molecular formula is C19H25ClN4O2. The normalized spacial score (nSPS) is 16.9. The summed E-state index contributed by atoms with van der Waals surface area (Å²) >= 11 is 0. The van der Waals surface area contributed by atoms with Crippen molar-refractivity contribution in [1.82, 2.24) is 15.3 Å². The number of nitrogens with zero attached hydrogens (tertiary/aromatic N) is 3. The number of benzene rings is 1. The number of nitrogens with one attached hydrogen (secondary N) is 1. The Kier molecular flexibility index (Phi) is 6.16. The van der Waals surface area contributed by atoms with Crippen LogP contribution in [0.1, 0.15) is 36.9 Å². The predicted molar refractivity (Wildman–Crippen MR) is 103 cm³/mol. The van der Waals surface area contributed by atoms with Crippen LogP contribution in [0.25, 0.3) is 0 Å². The van der Waals surface area contributed by atoms with E-state index in [0.717, 1.165) is 42.6 Å². The Morgan fingerprint density at radius 3 is 2.50 bits per heavy atom. The Bertz CT molecular complexity index is 720. The summed E-state index contributed by atoms with van der Waals surface area (Å²) in [6.07, 6.45) is 6.31. The first-order valence-electron chi connectivity index (χ1n) is 8.98. The van der Waals surface area contributed by atoms with E-state index in [1.807, 2.05) is 18.5 Å². The quantitative estimate of drug-likeness (QED) is 0.865. The number of rotatable bonds is 5. The average Bonchev–Trinajstić information content (AvgIpc) is 3.21. The van der Waals surface area contributed by atoms with E-state index in [4.69, 9.17) is 9.47 Å².